The number of nitrogens with one attached hydrogen (secondary N) is 1. The minimum atomic E-state index is -0.629. The van der Waals surface area contributed by atoms with Crippen molar-refractivity contribution in [1.82, 2.24) is 0 Å². The van der Waals surface area contributed by atoms with Crippen LogP contribution in [0.25, 0.3) is 0 Å². The van der Waals surface area contributed by atoms with Gasteiger partial charge in [-0.05, 0) is 31.7 Å². The predicted molar refractivity (Wildman–Crippen MR) is 70.2 cm³/mol. The van der Waals surface area contributed by atoms with Crippen molar-refractivity contribution in [2.24, 2.45) is 0 Å². The second-order valence-electron chi connectivity index (χ2n) is 4.83. The minimum Gasteiger partial charge on any atom is -0.374 e. The molecule has 0 amide bonds. The summed E-state index contributed by atoms with van der Waals surface area (Å²) in [5, 5.41) is 24.9. The molecule has 2 rings (SSSR count). The first-order chi connectivity index (χ1) is 8.97. The molecule has 19 heavy (non-hydrogen) atoms. The van der Waals surface area contributed by atoms with Crippen molar-refractivity contribution in [2.75, 3.05) is 5.32 Å². The van der Waals surface area contributed by atoms with E-state index in [-0.39, 0.29) is 16.9 Å². The van der Waals surface area contributed by atoms with Crippen LogP contribution in [0.2, 0.25) is 0 Å². The molecule has 7 heteroatoms. The van der Waals surface area contributed by atoms with Crippen LogP contribution in [-0.4, -0.2) is 15.4 Å². The highest BCUT2D eigenvalue weighted by Gasteiger charge is 2.36. The number of anilines is 1. The molecular formula is C12H15N3O4. The fourth-order valence-corrected chi connectivity index (χ4v) is 2.35. The van der Waals surface area contributed by atoms with Crippen LogP contribution in [0.1, 0.15) is 32.6 Å². The van der Waals surface area contributed by atoms with Gasteiger partial charge in [0, 0.05) is 11.6 Å². The van der Waals surface area contributed by atoms with Crippen LogP contribution in [-0.2, 0) is 0 Å². The number of nitro benzene ring substituents is 2. The van der Waals surface area contributed by atoms with Crippen molar-refractivity contribution in [3.63, 3.8) is 0 Å². The normalized spacial score (nSPS) is 16.5. The number of nitrogens with zero attached hydrogens (tertiary/aromatic N) is 2. The molecule has 1 N–H and O–H groups in total. The molecule has 1 saturated carbocycles. The van der Waals surface area contributed by atoms with Gasteiger partial charge in [0.1, 0.15) is 5.69 Å². The average Bonchev–Trinajstić information content (AvgIpc) is 2.33. The lowest BCUT2D eigenvalue weighted by Crippen LogP contribution is -2.44. The van der Waals surface area contributed by atoms with Crippen LogP contribution in [0.5, 0.6) is 0 Å². The van der Waals surface area contributed by atoms with Gasteiger partial charge in [0.25, 0.3) is 11.4 Å². The molecule has 0 aliphatic heterocycles. The summed E-state index contributed by atoms with van der Waals surface area (Å²) >= 11 is 0. The van der Waals surface area contributed by atoms with E-state index in [0.717, 1.165) is 31.7 Å². The van der Waals surface area contributed by atoms with Crippen LogP contribution in [0, 0.1) is 20.2 Å². The van der Waals surface area contributed by atoms with Crippen molar-refractivity contribution in [2.45, 2.75) is 38.1 Å². The number of hydrogen-bond acceptors (Lipinski definition) is 5. The Morgan fingerprint density at radius 3 is 2.37 bits per heavy atom. The molecule has 1 aliphatic carbocycles. The van der Waals surface area contributed by atoms with Crippen LogP contribution >= 0.6 is 0 Å². The molecule has 1 aromatic carbocycles. The van der Waals surface area contributed by atoms with Gasteiger partial charge in [-0.1, -0.05) is 6.92 Å². The van der Waals surface area contributed by atoms with E-state index in [0.29, 0.717) is 5.69 Å². The van der Waals surface area contributed by atoms with Crippen LogP contribution in [0.15, 0.2) is 18.2 Å². The Balaban J connectivity index is 2.34. The Kier molecular flexibility index (Phi) is 3.37. The standard InChI is InChI=1S/C12H15N3O4/c1-2-12(6-3-7-12)13-10-5-4-9(14(16)17)8-11(10)15(18)19/h4-5,8,13H,2-3,6-7H2,1H3. The van der Waals surface area contributed by atoms with E-state index in [1.165, 1.54) is 12.1 Å². The summed E-state index contributed by atoms with van der Waals surface area (Å²) in [6.45, 7) is 2.03. The maximum absolute atomic E-state index is 11.0. The maximum atomic E-state index is 11.0. The van der Waals surface area contributed by atoms with E-state index in [1.54, 1.807) is 0 Å². The molecule has 7 nitrogen and oxygen atoms in total. The first-order valence-corrected chi connectivity index (χ1v) is 6.18. The van der Waals surface area contributed by atoms with Gasteiger partial charge in [0.15, 0.2) is 0 Å². The molecule has 1 aromatic rings. The molecular weight excluding hydrogens is 250 g/mol. The van der Waals surface area contributed by atoms with Gasteiger partial charge in [0.2, 0.25) is 0 Å². The van der Waals surface area contributed by atoms with Crippen molar-refractivity contribution in [1.29, 1.82) is 0 Å². The van der Waals surface area contributed by atoms with E-state index >= 15 is 0 Å². The fraction of sp³-hybridized carbons (Fsp3) is 0.500. The molecule has 0 heterocycles. The lowest BCUT2D eigenvalue weighted by atomic mass is 9.74. The van der Waals surface area contributed by atoms with Gasteiger partial charge >= 0.3 is 0 Å². The number of non-ortho nitro benzene ring substituents is 1. The number of rotatable bonds is 5. The highest BCUT2D eigenvalue weighted by Crippen LogP contribution is 2.40. The minimum absolute atomic E-state index is 0.0963. The molecule has 0 saturated heterocycles. The largest absolute Gasteiger partial charge is 0.374 e. The van der Waals surface area contributed by atoms with Gasteiger partial charge in [0.05, 0.1) is 15.9 Å². The number of hydrogen-bond donors (Lipinski definition) is 1. The first-order valence-electron chi connectivity index (χ1n) is 6.18. The predicted octanol–water partition coefficient (Wildman–Crippen LogP) is 3.25. The van der Waals surface area contributed by atoms with E-state index in [2.05, 4.69) is 5.32 Å². The summed E-state index contributed by atoms with van der Waals surface area (Å²) in [5.74, 6) is 0. The Morgan fingerprint density at radius 2 is 1.95 bits per heavy atom. The summed E-state index contributed by atoms with van der Waals surface area (Å²) < 4.78 is 0. The zero-order chi connectivity index (χ0) is 14.0. The summed E-state index contributed by atoms with van der Waals surface area (Å²) in [7, 11) is 0. The van der Waals surface area contributed by atoms with Gasteiger partial charge in [-0.15, -0.1) is 0 Å². The third-order valence-electron chi connectivity index (χ3n) is 3.78. The summed E-state index contributed by atoms with van der Waals surface area (Å²) in [6, 6.07) is 3.72. The monoisotopic (exact) mass is 265 g/mol. The molecule has 0 bridgehead atoms. The quantitative estimate of drug-likeness (QED) is 0.650. The molecule has 0 spiro atoms. The second-order valence-corrected chi connectivity index (χ2v) is 4.83. The average molecular weight is 265 g/mol. The molecule has 102 valence electrons. The van der Waals surface area contributed by atoms with Crippen LogP contribution in [0.4, 0.5) is 17.1 Å². The zero-order valence-corrected chi connectivity index (χ0v) is 10.6. The Hall–Kier alpha value is -2.18. The number of benzene rings is 1. The lowest BCUT2D eigenvalue weighted by molar-refractivity contribution is -0.393. The SMILES string of the molecule is CCC1(Nc2ccc([N+](=O)[O-])cc2[N+](=O)[O-])CCC1. The Morgan fingerprint density at radius 1 is 1.26 bits per heavy atom. The summed E-state index contributed by atoms with van der Waals surface area (Å²) in [6.07, 6.45) is 3.91. The second kappa shape index (κ2) is 4.83. The van der Waals surface area contributed by atoms with Gasteiger partial charge in [-0.2, -0.15) is 0 Å². The Labute approximate surface area is 109 Å². The van der Waals surface area contributed by atoms with E-state index in [1.807, 2.05) is 6.92 Å². The van der Waals surface area contributed by atoms with E-state index < -0.39 is 9.85 Å². The highest BCUT2D eigenvalue weighted by molar-refractivity contribution is 5.66. The van der Waals surface area contributed by atoms with Crippen LogP contribution in [0.3, 0.4) is 0 Å². The Bertz CT molecular complexity index is 520. The van der Waals surface area contributed by atoms with Gasteiger partial charge in [-0.25, -0.2) is 0 Å². The number of nitro groups is 2. The van der Waals surface area contributed by atoms with Crippen molar-refractivity contribution >= 4 is 17.1 Å². The maximum Gasteiger partial charge on any atom is 0.299 e. The van der Waals surface area contributed by atoms with E-state index in [9.17, 15) is 20.2 Å². The topological polar surface area (TPSA) is 98.3 Å². The third-order valence-corrected chi connectivity index (χ3v) is 3.78. The van der Waals surface area contributed by atoms with Gasteiger partial charge in [-0.3, -0.25) is 20.2 Å². The first kappa shape index (κ1) is 13.3. The smallest absolute Gasteiger partial charge is 0.299 e. The zero-order valence-electron chi connectivity index (χ0n) is 10.6. The molecule has 0 aromatic heterocycles. The van der Waals surface area contributed by atoms with Crippen molar-refractivity contribution in [3.8, 4) is 0 Å². The van der Waals surface area contributed by atoms with Crippen molar-refractivity contribution in [3.05, 3.63) is 38.4 Å². The van der Waals surface area contributed by atoms with Crippen molar-refractivity contribution < 1.29 is 9.85 Å². The lowest BCUT2D eigenvalue weighted by Gasteiger charge is -2.42. The molecule has 0 radical (unpaired) electrons. The molecule has 0 atom stereocenters. The molecule has 1 aliphatic rings. The van der Waals surface area contributed by atoms with Crippen LogP contribution < -0.4 is 5.32 Å². The van der Waals surface area contributed by atoms with Gasteiger partial charge < -0.3 is 5.32 Å². The summed E-state index contributed by atoms with van der Waals surface area (Å²) in [5.41, 5.74) is -0.247. The molecule has 0 unspecified atom stereocenters. The van der Waals surface area contributed by atoms with E-state index in [4.69, 9.17) is 0 Å². The third kappa shape index (κ3) is 2.49. The molecule has 1 fully saturated rings. The summed E-state index contributed by atoms with van der Waals surface area (Å²) in [4.78, 5) is 20.5. The fourth-order valence-electron chi connectivity index (χ4n) is 2.35. The highest BCUT2D eigenvalue weighted by atomic mass is 16.6.